The predicted octanol–water partition coefficient (Wildman–Crippen LogP) is 2.74. The van der Waals surface area contributed by atoms with Crippen molar-refractivity contribution in [1.82, 2.24) is 14.8 Å². The Morgan fingerprint density at radius 2 is 1.86 bits per heavy atom. The van der Waals surface area contributed by atoms with Gasteiger partial charge in [-0.05, 0) is 13.0 Å². The van der Waals surface area contributed by atoms with Crippen molar-refractivity contribution in [2.75, 3.05) is 6.54 Å². The Labute approximate surface area is 172 Å². The van der Waals surface area contributed by atoms with Crippen molar-refractivity contribution < 1.29 is 5.11 Å². The van der Waals surface area contributed by atoms with Crippen LogP contribution in [0.15, 0.2) is 58.7 Å². The first kappa shape index (κ1) is 19.4. The van der Waals surface area contributed by atoms with Crippen LogP contribution in [0.4, 0.5) is 0 Å². The second-order valence-electron chi connectivity index (χ2n) is 7.04. The van der Waals surface area contributed by atoms with Gasteiger partial charge in [-0.25, -0.2) is 9.67 Å². The molecule has 0 aliphatic heterocycles. The molecule has 0 aliphatic carbocycles. The van der Waals surface area contributed by atoms with Crippen LogP contribution >= 0.6 is 11.3 Å². The molecule has 0 bridgehead atoms. The first-order valence-corrected chi connectivity index (χ1v) is 10.3. The van der Waals surface area contributed by atoms with Gasteiger partial charge in [0.1, 0.15) is 5.01 Å². The molecule has 0 saturated carbocycles. The lowest BCUT2D eigenvalue weighted by molar-refractivity contribution is 0.182. The SMILES string of the molecule is Cc1ccc(-c2csc(Cn3nc(CC(O)CN)c4ccccc4c3=O)n2)cc1. The summed E-state index contributed by atoms with van der Waals surface area (Å²) in [6.45, 7) is 2.47. The summed E-state index contributed by atoms with van der Waals surface area (Å²) in [4.78, 5) is 17.6. The van der Waals surface area contributed by atoms with Gasteiger partial charge < -0.3 is 10.8 Å². The maximum atomic E-state index is 12.9. The van der Waals surface area contributed by atoms with Crippen LogP contribution in [0.3, 0.4) is 0 Å². The van der Waals surface area contributed by atoms with Crippen LogP contribution in [-0.2, 0) is 13.0 Å². The fourth-order valence-electron chi connectivity index (χ4n) is 3.24. The summed E-state index contributed by atoms with van der Waals surface area (Å²) in [6.07, 6.45) is -0.408. The Morgan fingerprint density at radius 1 is 1.14 bits per heavy atom. The third-order valence-electron chi connectivity index (χ3n) is 4.83. The quantitative estimate of drug-likeness (QED) is 0.513. The van der Waals surface area contributed by atoms with Crippen molar-refractivity contribution in [3.63, 3.8) is 0 Å². The van der Waals surface area contributed by atoms with E-state index in [0.29, 0.717) is 17.5 Å². The molecule has 4 rings (SSSR count). The molecular weight excluding hydrogens is 384 g/mol. The second-order valence-corrected chi connectivity index (χ2v) is 7.98. The van der Waals surface area contributed by atoms with E-state index in [0.717, 1.165) is 21.7 Å². The minimum absolute atomic E-state index is 0.140. The van der Waals surface area contributed by atoms with Gasteiger partial charge in [-0.3, -0.25) is 4.79 Å². The maximum absolute atomic E-state index is 12.9. The highest BCUT2D eigenvalue weighted by molar-refractivity contribution is 7.09. The van der Waals surface area contributed by atoms with E-state index >= 15 is 0 Å². The van der Waals surface area contributed by atoms with Gasteiger partial charge in [-0.2, -0.15) is 5.10 Å². The monoisotopic (exact) mass is 406 g/mol. The fourth-order valence-corrected chi connectivity index (χ4v) is 4.02. The largest absolute Gasteiger partial charge is 0.391 e. The molecule has 4 aromatic rings. The van der Waals surface area contributed by atoms with Crippen molar-refractivity contribution in [3.05, 3.63) is 80.5 Å². The van der Waals surface area contributed by atoms with Gasteiger partial charge in [0.05, 0.1) is 29.4 Å². The number of nitrogens with zero attached hydrogens (tertiary/aromatic N) is 3. The van der Waals surface area contributed by atoms with E-state index in [1.807, 2.05) is 42.6 Å². The maximum Gasteiger partial charge on any atom is 0.275 e. The predicted molar refractivity (Wildman–Crippen MR) is 116 cm³/mol. The molecule has 7 heteroatoms. The van der Waals surface area contributed by atoms with Crippen LogP contribution in [-0.4, -0.2) is 32.5 Å². The number of hydrogen-bond acceptors (Lipinski definition) is 6. The first-order chi connectivity index (χ1) is 14.0. The van der Waals surface area contributed by atoms with Crippen LogP contribution in [0.5, 0.6) is 0 Å². The summed E-state index contributed by atoms with van der Waals surface area (Å²) < 4.78 is 1.43. The zero-order valence-corrected chi connectivity index (χ0v) is 16.9. The Bertz CT molecular complexity index is 1200. The smallest absolute Gasteiger partial charge is 0.275 e. The lowest BCUT2D eigenvalue weighted by atomic mass is 10.1. The summed E-state index contributed by atoms with van der Waals surface area (Å²) in [5.41, 5.74) is 9.19. The van der Waals surface area contributed by atoms with Crippen molar-refractivity contribution in [2.45, 2.75) is 26.0 Å². The van der Waals surface area contributed by atoms with Gasteiger partial charge in [-0.15, -0.1) is 11.3 Å². The number of hydrogen-bond donors (Lipinski definition) is 2. The van der Waals surface area contributed by atoms with Crippen LogP contribution < -0.4 is 11.3 Å². The molecule has 0 saturated heterocycles. The fraction of sp³-hybridized carbons (Fsp3) is 0.227. The molecule has 2 heterocycles. The van der Waals surface area contributed by atoms with Crippen LogP contribution in [0.25, 0.3) is 22.0 Å². The lowest BCUT2D eigenvalue weighted by Crippen LogP contribution is -2.28. The number of aliphatic hydroxyl groups excluding tert-OH is 1. The average molecular weight is 407 g/mol. The molecule has 0 amide bonds. The zero-order valence-electron chi connectivity index (χ0n) is 16.1. The van der Waals surface area contributed by atoms with E-state index in [1.165, 1.54) is 21.6 Å². The number of aryl methyl sites for hydroxylation is 1. The van der Waals surface area contributed by atoms with Crippen molar-refractivity contribution in [3.8, 4) is 11.3 Å². The lowest BCUT2D eigenvalue weighted by Gasteiger charge is -2.12. The van der Waals surface area contributed by atoms with E-state index in [4.69, 9.17) is 5.73 Å². The summed E-state index contributed by atoms with van der Waals surface area (Å²) in [5.74, 6) is 0. The summed E-state index contributed by atoms with van der Waals surface area (Å²) >= 11 is 1.50. The molecule has 29 heavy (non-hydrogen) atoms. The number of rotatable bonds is 6. The number of fused-ring (bicyclic) bond motifs is 1. The van der Waals surface area contributed by atoms with Gasteiger partial charge in [0, 0.05) is 29.3 Å². The molecule has 0 fully saturated rings. The number of nitrogens with two attached hydrogens (primary N) is 1. The van der Waals surface area contributed by atoms with Gasteiger partial charge in [0.25, 0.3) is 5.56 Å². The number of benzene rings is 2. The highest BCUT2D eigenvalue weighted by Crippen LogP contribution is 2.23. The normalized spacial score (nSPS) is 12.4. The standard InChI is InChI=1S/C22H22N4O2S/c1-14-6-8-15(9-7-14)20-13-29-21(24-20)12-26-22(28)18-5-3-2-4-17(18)19(25-26)10-16(27)11-23/h2-9,13,16,27H,10-12,23H2,1H3. The van der Waals surface area contributed by atoms with Gasteiger partial charge in [-0.1, -0.05) is 48.0 Å². The third-order valence-corrected chi connectivity index (χ3v) is 5.66. The van der Waals surface area contributed by atoms with E-state index in [1.54, 1.807) is 6.07 Å². The van der Waals surface area contributed by atoms with E-state index in [9.17, 15) is 9.90 Å². The number of thiazole rings is 1. The second kappa shape index (κ2) is 8.24. The molecule has 2 aromatic carbocycles. The summed E-state index contributed by atoms with van der Waals surface area (Å²) in [7, 11) is 0. The van der Waals surface area contributed by atoms with Crippen molar-refractivity contribution in [1.29, 1.82) is 0 Å². The molecule has 0 spiro atoms. The molecule has 1 atom stereocenters. The Hall–Kier alpha value is -2.87. The van der Waals surface area contributed by atoms with E-state index < -0.39 is 6.10 Å². The average Bonchev–Trinajstić information content (AvgIpc) is 3.20. The highest BCUT2D eigenvalue weighted by Gasteiger charge is 2.15. The van der Waals surface area contributed by atoms with Crippen molar-refractivity contribution in [2.24, 2.45) is 5.73 Å². The topological polar surface area (TPSA) is 94.0 Å². The van der Waals surface area contributed by atoms with Crippen LogP contribution in [0.2, 0.25) is 0 Å². The molecular formula is C22H22N4O2S. The van der Waals surface area contributed by atoms with E-state index in [2.05, 4.69) is 22.2 Å². The molecule has 6 nitrogen and oxygen atoms in total. The Kier molecular flexibility index (Phi) is 5.53. The van der Waals surface area contributed by atoms with Crippen LogP contribution in [0.1, 0.15) is 16.3 Å². The zero-order chi connectivity index (χ0) is 20.4. The van der Waals surface area contributed by atoms with Gasteiger partial charge >= 0.3 is 0 Å². The Balaban J connectivity index is 1.70. The van der Waals surface area contributed by atoms with E-state index in [-0.39, 0.29) is 18.6 Å². The molecule has 0 radical (unpaired) electrons. The first-order valence-electron chi connectivity index (χ1n) is 9.43. The van der Waals surface area contributed by atoms with Crippen molar-refractivity contribution >= 4 is 22.1 Å². The minimum Gasteiger partial charge on any atom is -0.391 e. The number of aromatic nitrogens is 3. The van der Waals surface area contributed by atoms with Gasteiger partial charge in [0.15, 0.2) is 0 Å². The Morgan fingerprint density at radius 3 is 2.59 bits per heavy atom. The summed E-state index contributed by atoms with van der Waals surface area (Å²) in [6, 6.07) is 15.5. The minimum atomic E-state index is -0.704. The highest BCUT2D eigenvalue weighted by atomic mass is 32.1. The molecule has 148 valence electrons. The molecule has 3 N–H and O–H groups in total. The molecule has 2 aromatic heterocycles. The third kappa shape index (κ3) is 4.12. The summed E-state index contributed by atoms with van der Waals surface area (Å²) in [5, 5.41) is 18.7. The number of aliphatic hydroxyl groups is 1. The van der Waals surface area contributed by atoms with Crippen LogP contribution in [0, 0.1) is 6.92 Å². The molecule has 0 aliphatic rings. The van der Waals surface area contributed by atoms with Gasteiger partial charge in [0.2, 0.25) is 0 Å². The molecule has 1 unspecified atom stereocenters.